The van der Waals surface area contributed by atoms with Gasteiger partial charge in [-0.05, 0) is 19.9 Å². The molecule has 0 aliphatic carbocycles. The van der Waals surface area contributed by atoms with Gasteiger partial charge in [-0.2, -0.15) is 0 Å². The Morgan fingerprint density at radius 2 is 2.22 bits per heavy atom. The SMILES string of the molecule is Cc1noc(C)c1CSCC(=O)NC1CCOc2ccccc21. The molecule has 0 bridgehead atoms. The fraction of sp³-hybridized carbons (Fsp3) is 0.412. The predicted molar refractivity (Wildman–Crippen MR) is 89.6 cm³/mol. The van der Waals surface area contributed by atoms with Crippen LogP contribution in [0.5, 0.6) is 5.75 Å². The van der Waals surface area contributed by atoms with Crippen molar-refractivity contribution >= 4 is 17.7 Å². The molecule has 1 N–H and O–H groups in total. The Bertz CT molecular complexity index is 679. The summed E-state index contributed by atoms with van der Waals surface area (Å²) in [5, 5.41) is 7.04. The van der Waals surface area contributed by atoms with E-state index in [2.05, 4.69) is 10.5 Å². The zero-order valence-electron chi connectivity index (χ0n) is 13.3. The van der Waals surface area contributed by atoms with Crippen molar-refractivity contribution in [2.24, 2.45) is 0 Å². The number of benzene rings is 1. The highest BCUT2D eigenvalue weighted by molar-refractivity contribution is 7.99. The first-order chi connectivity index (χ1) is 11.1. The molecule has 1 unspecified atom stereocenters. The molecule has 5 nitrogen and oxygen atoms in total. The van der Waals surface area contributed by atoms with E-state index < -0.39 is 0 Å². The van der Waals surface area contributed by atoms with E-state index in [1.807, 2.05) is 38.1 Å². The van der Waals surface area contributed by atoms with Gasteiger partial charge < -0.3 is 14.6 Å². The number of aryl methyl sites for hydroxylation is 2. The molecule has 0 fully saturated rings. The molecule has 1 aromatic carbocycles. The quantitative estimate of drug-likeness (QED) is 0.911. The van der Waals surface area contributed by atoms with Crippen LogP contribution in [-0.2, 0) is 10.5 Å². The van der Waals surface area contributed by atoms with Crippen LogP contribution < -0.4 is 10.1 Å². The second-order valence-corrected chi connectivity index (χ2v) is 6.58. The maximum atomic E-state index is 12.2. The molecule has 0 saturated heterocycles. The van der Waals surface area contributed by atoms with Crippen molar-refractivity contribution in [2.45, 2.75) is 32.1 Å². The first kappa shape index (κ1) is 15.9. The Hall–Kier alpha value is -1.95. The van der Waals surface area contributed by atoms with Gasteiger partial charge in [0, 0.05) is 23.3 Å². The largest absolute Gasteiger partial charge is 0.493 e. The van der Waals surface area contributed by atoms with E-state index in [1.165, 1.54) is 0 Å². The Balaban J connectivity index is 1.52. The minimum Gasteiger partial charge on any atom is -0.493 e. The Labute approximate surface area is 139 Å². The minimum atomic E-state index is 0.0344. The summed E-state index contributed by atoms with van der Waals surface area (Å²) in [6.07, 6.45) is 0.803. The molecule has 23 heavy (non-hydrogen) atoms. The number of hydrogen-bond donors (Lipinski definition) is 1. The fourth-order valence-electron chi connectivity index (χ4n) is 2.68. The van der Waals surface area contributed by atoms with Crippen molar-refractivity contribution in [3.05, 3.63) is 46.8 Å². The summed E-state index contributed by atoms with van der Waals surface area (Å²) >= 11 is 1.57. The Morgan fingerprint density at radius 1 is 1.39 bits per heavy atom. The molecule has 1 atom stereocenters. The summed E-state index contributed by atoms with van der Waals surface area (Å²) in [6.45, 7) is 4.45. The van der Waals surface area contributed by atoms with Crippen molar-refractivity contribution < 1.29 is 14.1 Å². The lowest BCUT2D eigenvalue weighted by molar-refractivity contribution is -0.119. The van der Waals surface area contributed by atoms with E-state index >= 15 is 0 Å². The number of nitrogens with zero attached hydrogens (tertiary/aromatic N) is 1. The van der Waals surface area contributed by atoms with Crippen LogP contribution in [0.3, 0.4) is 0 Å². The van der Waals surface area contributed by atoms with Crippen LogP contribution in [0.15, 0.2) is 28.8 Å². The lowest BCUT2D eigenvalue weighted by Gasteiger charge is -2.26. The van der Waals surface area contributed by atoms with Crippen molar-refractivity contribution in [2.75, 3.05) is 12.4 Å². The number of hydrogen-bond acceptors (Lipinski definition) is 5. The number of thioether (sulfide) groups is 1. The molecule has 0 spiro atoms. The van der Waals surface area contributed by atoms with E-state index in [-0.39, 0.29) is 11.9 Å². The molecular weight excluding hydrogens is 312 g/mol. The fourth-order valence-corrected chi connectivity index (χ4v) is 3.67. The van der Waals surface area contributed by atoms with Gasteiger partial charge in [-0.1, -0.05) is 23.4 Å². The second kappa shape index (κ2) is 7.08. The van der Waals surface area contributed by atoms with Crippen molar-refractivity contribution in [1.82, 2.24) is 10.5 Å². The first-order valence-corrected chi connectivity index (χ1v) is 8.81. The van der Waals surface area contributed by atoms with E-state index in [1.54, 1.807) is 11.8 Å². The monoisotopic (exact) mass is 332 g/mol. The second-order valence-electron chi connectivity index (χ2n) is 5.59. The Morgan fingerprint density at radius 3 is 3.00 bits per heavy atom. The topological polar surface area (TPSA) is 64.4 Å². The number of nitrogens with one attached hydrogen (secondary N) is 1. The summed E-state index contributed by atoms with van der Waals surface area (Å²) in [5.74, 6) is 2.90. The summed E-state index contributed by atoms with van der Waals surface area (Å²) < 4.78 is 10.8. The number of carbonyl (C=O) groups is 1. The molecule has 6 heteroatoms. The number of carbonyl (C=O) groups excluding carboxylic acids is 1. The normalized spacial score (nSPS) is 16.5. The van der Waals surface area contributed by atoms with Crippen LogP contribution in [0, 0.1) is 13.8 Å². The standard InChI is InChI=1S/C17H20N2O3S/c1-11-14(12(2)22-19-11)9-23-10-17(20)18-15-7-8-21-16-6-4-3-5-13(15)16/h3-6,15H,7-10H2,1-2H3,(H,18,20). The zero-order valence-corrected chi connectivity index (χ0v) is 14.1. The van der Waals surface area contributed by atoms with Gasteiger partial charge in [0.05, 0.1) is 24.1 Å². The third-order valence-corrected chi connectivity index (χ3v) is 4.91. The molecule has 1 amide bonds. The van der Waals surface area contributed by atoms with Gasteiger partial charge in [0.2, 0.25) is 5.91 Å². The molecule has 3 rings (SSSR count). The van der Waals surface area contributed by atoms with Crippen molar-refractivity contribution in [3.8, 4) is 5.75 Å². The highest BCUT2D eigenvalue weighted by Crippen LogP contribution is 2.31. The van der Waals surface area contributed by atoms with Crippen molar-refractivity contribution in [3.63, 3.8) is 0 Å². The predicted octanol–water partition coefficient (Wildman–Crippen LogP) is 3.16. The zero-order chi connectivity index (χ0) is 16.2. The van der Waals surface area contributed by atoms with Crippen molar-refractivity contribution in [1.29, 1.82) is 0 Å². The van der Waals surface area contributed by atoms with E-state index in [0.717, 1.165) is 40.5 Å². The number of rotatable bonds is 5. The number of amides is 1. The maximum absolute atomic E-state index is 12.2. The van der Waals surface area contributed by atoms with Crippen LogP contribution >= 0.6 is 11.8 Å². The molecular formula is C17H20N2O3S. The molecule has 2 aromatic rings. The molecule has 122 valence electrons. The highest BCUT2D eigenvalue weighted by Gasteiger charge is 2.22. The van der Waals surface area contributed by atoms with Gasteiger partial charge in [-0.25, -0.2) is 0 Å². The van der Waals surface area contributed by atoms with Crippen LogP contribution in [0.1, 0.15) is 35.0 Å². The lowest BCUT2D eigenvalue weighted by atomic mass is 10.0. The minimum absolute atomic E-state index is 0.0344. The molecule has 1 aliphatic rings. The maximum Gasteiger partial charge on any atom is 0.230 e. The summed E-state index contributed by atoms with van der Waals surface area (Å²) in [5.41, 5.74) is 3.04. The molecule has 1 aliphatic heterocycles. The first-order valence-electron chi connectivity index (χ1n) is 7.65. The van der Waals surface area contributed by atoms with E-state index in [9.17, 15) is 4.79 Å². The average molecular weight is 332 g/mol. The number of ether oxygens (including phenoxy) is 1. The van der Waals surface area contributed by atoms with Gasteiger partial charge in [0.15, 0.2) is 0 Å². The van der Waals surface area contributed by atoms with Crippen LogP contribution in [-0.4, -0.2) is 23.4 Å². The van der Waals surface area contributed by atoms with Gasteiger partial charge in [0.1, 0.15) is 11.5 Å². The van der Waals surface area contributed by atoms with Gasteiger partial charge >= 0.3 is 0 Å². The number of aromatic nitrogens is 1. The number of para-hydroxylation sites is 1. The number of fused-ring (bicyclic) bond motifs is 1. The summed E-state index contributed by atoms with van der Waals surface area (Å²) in [6, 6.07) is 7.91. The average Bonchev–Trinajstić information content (AvgIpc) is 2.87. The van der Waals surface area contributed by atoms with E-state index in [0.29, 0.717) is 12.4 Å². The molecule has 1 aromatic heterocycles. The van der Waals surface area contributed by atoms with Crippen LogP contribution in [0.2, 0.25) is 0 Å². The van der Waals surface area contributed by atoms with Gasteiger partial charge in [0.25, 0.3) is 0 Å². The molecule has 0 saturated carbocycles. The Kier molecular flexibility index (Phi) is 4.91. The smallest absolute Gasteiger partial charge is 0.230 e. The summed E-state index contributed by atoms with van der Waals surface area (Å²) in [4.78, 5) is 12.2. The third kappa shape index (κ3) is 3.69. The lowest BCUT2D eigenvalue weighted by Crippen LogP contribution is -2.33. The highest BCUT2D eigenvalue weighted by atomic mass is 32.2. The molecule has 2 heterocycles. The van der Waals surface area contributed by atoms with Crippen LogP contribution in [0.25, 0.3) is 0 Å². The van der Waals surface area contributed by atoms with Gasteiger partial charge in [-0.3, -0.25) is 4.79 Å². The van der Waals surface area contributed by atoms with E-state index in [4.69, 9.17) is 9.26 Å². The molecule has 0 radical (unpaired) electrons. The van der Waals surface area contributed by atoms with Crippen LogP contribution in [0.4, 0.5) is 0 Å². The summed E-state index contributed by atoms with van der Waals surface area (Å²) in [7, 11) is 0. The van der Waals surface area contributed by atoms with Gasteiger partial charge in [-0.15, -0.1) is 11.8 Å². The third-order valence-electron chi connectivity index (χ3n) is 3.95.